The molecule has 0 atom stereocenters. The fourth-order valence-corrected chi connectivity index (χ4v) is 1.52. The van der Waals surface area contributed by atoms with Crippen molar-refractivity contribution in [1.29, 1.82) is 0 Å². The summed E-state index contributed by atoms with van der Waals surface area (Å²) >= 11 is 0. The van der Waals surface area contributed by atoms with Gasteiger partial charge >= 0.3 is 6.61 Å². The van der Waals surface area contributed by atoms with Gasteiger partial charge in [0.1, 0.15) is 5.75 Å². The van der Waals surface area contributed by atoms with E-state index in [1.165, 1.54) is 24.3 Å². The summed E-state index contributed by atoms with van der Waals surface area (Å²) in [4.78, 5) is 13.6. The molecule has 0 radical (unpaired) electrons. The lowest BCUT2D eigenvalue weighted by atomic mass is 10.2. The van der Waals surface area contributed by atoms with Crippen molar-refractivity contribution in [2.24, 2.45) is 5.73 Å². The smallest absolute Gasteiger partial charge is 0.387 e. The van der Waals surface area contributed by atoms with Gasteiger partial charge in [-0.2, -0.15) is 8.78 Å². The summed E-state index contributed by atoms with van der Waals surface area (Å²) < 4.78 is 28.1. The quantitative estimate of drug-likeness (QED) is 0.845. The van der Waals surface area contributed by atoms with Crippen molar-refractivity contribution in [3.8, 4) is 5.75 Å². The van der Waals surface area contributed by atoms with E-state index in [0.29, 0.717) is 25.2 Å². The Kier molecular flexibility index (Phi) is 5.51. The molecular formula is C12H16F2N2O2. The number of hydrogen-bond acceptors (Lipinski definition) is 3. The molecule has 1 aromatic carbocycles. The Morgan fingerprint density at radius 1 is 1.39 bits per heavy atom. The molecule has 0 spiro atoms. The summed E-state index contributed by atoms with van der Waals surface area (Å²) in [6.07, 6.45) is 0. The minimum Gasteiger partial charge on any atom is -0.435 e. The molecule has 1 rings (SSSR count). The second-order valence-electron chi connectivity index (χ2n) is 3.58. The van der Waals surface area contributed by atoms with Crippen LogP contribution < -0.4 is 10.5 Å². The molecule has 0 saturated carbocycles. The number of ether oxygens (including phenoxy) is 1. The Labute approximate surface area is 104 Å². The van der Waals surface area contributed by atoms with Crippen molar-refractivity contribution < 1.29 is 18.3 Å². The van der Waals surface area contributed by atoms with E-state index in [2.05, 4.69) is 4.74 Å². The molecule has 1 amide bonds. The van der Waals surface area contributed by atoms with Crippen LogP contribution in [0.25, 0.3) is 0 Å². The van der Waals surface area contributed by atoms with E-state index >= 15 is 0 Å². The number of carbonyl (C=O) groups excluding carboxylic acids is 1. The van der Waals surface area contributed by atoms with Crippen molar-refractivity contribution in [3.05, 3.63) is 29.8 Å². The van der Waals surface area contributed by atoms with E-state index in [1.807, 2.05) is 6.92 Å². The van der Waals surface area contributed by atoms with Gasteiger partial charge in [-0.05, 0) is 31.2 Å². The number of benzene rings is 1. The van der Waals surface area contributed by atoms with Gasteiger partial charge < -0.3 is 15.4 Å². The first-order chi connectivity index (χ1) is 8.58. The molecule has 1 aromatic rings. The van der Waals surface area contributed by atoms with E-state index in [-0.39, 0.29) is 11.7 Å². The molecule has 0 aliphatic heterocycles. The maximum absolute atomic E-state index is 12.0. The zero-order chi connectivity index (χ0) is 13.5. The van der Waals surface area contributed by atoms with Crippen molar-refractivity contribution in [2.75, 3.05) is 19.6 Å². The Morgan fingerprint density at radius 3 is 2.44 bits per heavy atom. The predicted octanol–water partition coefficient (Wildman–Crippen LogP) is 1.71. The minimum absolute atomic E-state index is 0.0309. The van der Waals surface area contributed by atoms with Crippen LogP contribution in [0.1, 0.15) is 17.3 Å². The number of likely N-dealkylation sites (N-methyl/N-ethyl adjacent to an activating group) is 1. The molecule has 6 heteroatoms. The van der Waals surface area contributed by atoms with Gasteiger partial charge in [0.15, 0.2) is 0 Å². The largest absolute Gasteiger partial charge is 0.435 e. The molecule has 0 saturated heterocycles. The molecule has 0 fully saturated rings. The first-order valence-corrected chi connectivity index (χ1v) is 5.62. The average molecular weight is 258 g/mol. The van der Waals surface area contributed by atoms with Gasteiger partial charge in [0.25, 0.3) is 5.91 Å². The standard InChI is InChI=1S/C12H16F2N2O2/c1-2-16(8-7-15)11(17)9-3-5-10(6-4-9)18-12(13)14/h3-6,12H,2,7-8,15H2,1H3. The highest BCUT2D eigenvalue weighted by molar-refractivity contribution is 5.94. The third kappa shape index (κ3) is 3.96. The summed E-state index contributed by atoms with van der Waals surface area (Å²) in [5.74, 6) is -0.144. The fraction of sp³-hybridized carbons (Fsp3) is 0.417. The van der Waals surface area contributed by atoms with E-state index in [1.54, 1.807) is 4.90 Å². The summed E-state index contributed by atoms with van der Waals surface area (Å²) in [5.41, 5.74) is 5.83. The van der Waals surface area contributed by atoms with Crippen molar-refractivity contribution in [2.45, 2.75) is 13.5 Å². The molecule has 18 heavy (non-hydrogen) atoms. The monoisotopic (exact) mass is 258 g/mol. The lowest BCUT2D eigenvalue weighted by Crippen LogP contribution is -2.35. The molecule has 4 nitrogen and oxygen atoms in total. The first kappa shape index (κ1) is 14.4. The summed E-state index contributed by atoms with van der Waals surface area (Å²) in [5, 5.41) is 0. The van der Waals surface area contributed by atoms with Gasteiger partial charge in [0.2, 0.25) is 0 Å². The average Bonchev–Trinajstić information content (AvgIpc) is 2.35. The highest BCUT2D eigenvalue weighted by Gasteiger charge is 2.13. The van der Waals surface area contributed by atoms with Crippen LogP contribution in [0.4, 0.5) is 8.78 Å². The molecule has 0 unspecified atom stereocenters. The number of nitrogens with zero attached hydrogens (tertiary/aromatic N) is 1. The van der Waals surface area contributed by atoms with Crippen LogP contribution in [0.3, 0.4) is 0 Å². The number of alkyl halides is 2. The molecule has 0 bridgehead atoms. The topological polar surface area (TPSA) is 55.6 Å². The Morgan fingerprint density at radius 2 is 2.00 bits per heavy atom. The lowest BCUT2D eigenvalue weighted by Gasteiger charge is -2.20. The minimum atomic E-state index is -2.86. The van der Waals surface area contributed by atoms with Crippen molar-refractivity contribution in [3.63, 3.8) is 0 Å². The van der Waals surface area contributed by atoms with E-state index < -0.39 is 6.61 Å². The van der Waals surface area contributed by atoms with Gasteiger partial charge in [-0.25, -0.2) is 0 Å². The number of amides is 1. The summed E-state index contributed by atoms with van der Waals surface area (Å²) in [6.45, 7) is 0.375. The van der Waals surface area contributed by atoms with Crippen LogP contribution in [0.15, 0.2) is 24.3 Å². The van der Waals surface area contributed by atoms with Gasteiger partial charge in [-0.1, -0.05) is 0 Å². The second-order valence-corrected chi connectivity index (χ2v) is 3.58. The predicted molar refractivity (Wildman–Crippen MR) is 63.7 cm³/mol. The lowest BCUT2D eigenvalue weighted by molar-refractivity contribution is -0.0498. The number of carbonyl (C=O) groups is 1. The molecule has 0 aliphatic rings. The highest BCUT2D eigenvalue weighted by Crippen LogP contribution is 2.15. The normalized spacial score (nSPS) is 10.5. The van der Waals surface area contributed by atoms with Gasteiger partial charge in [-0.3, -0.25) is 4.79 Å². The molecule has 100 valence electrons. The summed E-state index contributed by atoms with van der Waals surface area (Å²) in [6, 6.07) is 5.60. The first-order valence-electron chi connectivity index (χ1n) is 5.62. The third-order valence-corrected chi connectivity index (χ3v) is 2.39. The third-order valence-electron chi connectivity index (χ3n) is 2.39. The molecule has 0 heterocycles. The molecule has 0 aliphatic carbocycles. The number of halogens is 2. The van der Waals surface area contributed by atoms with Crippen LogP contribution in [-0.4, -0.2) is 37.1 Å². The zero-order valence-electron chi connectivity index (χ0n) is 10.1. The van der Waals surface area contributed by atoms with Gasteiger partial charge in [-0.15, -0.1) is 0 Å². The van der Waals surface area contributed by atoms with E-state index in [4.69, 9.17) is 5.73 Å². The Hall–Kier alpha value is -1.69. The molecule has 0 aromatic heterocycles. The fourth-order valence-electron chi connectivity index (χ4n) is 1.52. The number of rotatable bonds is 6. The second kappa shape index (κ2) is 6.90. The zero-order valence-corrected chi connectivity index (χ0v) is 10.1. The van der Waals surface area contributed by atoms with Crippen LogP contribution in [-0.2, 0) is 0 Å². The van der Waals surface area contributed by atoms with Crippen LogP contribution >= 0.6 is 0 Å². The Bertz CT molecular complexity index is 382. The van der Waals surface area contributed by atoms with Crippen molar-refractivity contribution in [1.82, 2.24) is 4.90 Å². The molecule has 2 N–H and O–H groups in total. The van der Waals surface area contributed by atoms with E-state index in [9.17, 15) is 13.6 Å². The van der Waals surface area contributed by atoms with Gasteiger partial charge in [0, 0.05) is 25.2 Å². The molecular weight excluding hydrogens is 242 g/mol. The van der Waals surface area contributed by atoms with Crippen LogP contribution in [0.2, 0.25) is 0 Å². The Balaban J connectivity index is 2.74. The van der Waals surface area contributed by atoms with Crippen LogP contribution in [0.5, 0.6) is 5.75 Å². The SMILES string of the molecule is CCN(CCN)C(=O)c1ccc(OC(F)F)cc1. The maximum atomic E-state index is 12.0. The van der Waals surface area contributed by atoms with Crippen molar-refractivity contribution >= 4 is 5.91 Å². The summed E-state index contributed by atoms with van der Waals surface area (Å²) in [7, 11) is 0. The van der Waals surface area contributed by atoms with Gasteiger partial charge in [0.05, 0.1) is 0 Å². The highest BCUT2D eigenvalue weighted by atomic mass is 19.3. The van der Waals surface area contributed by atoms with E-state index in [0.717, 1.165) is 0 Å². The van der Waals surface area contributed by atoms with Crippen LogP contribution in [0, 0.1) is 0 Å². The number of hydrogen-bond donors (Lipinski definition) is 1. The number of nitrogens with two attached hydrogens (primary N) is 1. The maximum Gasteiger partial charge on any atom is 0.387 e.